The highest BCUT2D eigenvalue weighted by Gasteiger charge is 2.40. The van der Waals surface area contributed by atoms with Crippen LogP contribution in [0.15, 0.2) is 54.1 Å². The number of likely N-dealkylation sites (tertiary alicyclic amines) is 1. The molecular formula is C31H37NO2. The Bertz CT molecular complexity index is 1030. The molecule has 0 amide bonds. The van der Waals surface area contributed by atoms with E-state index in [0.717, 1.165) is 71.0 Å². The Morgan fingerprint density at radius 1 is 0.882 bits per heavy atom. The van der Waals surface area contributed by atoms with Gasteiger partial charge < -0.3 is 9.64 Å². The molecule has 1 saturated carbocycles. The molecule has 3 heteroatoms. The highest BCUT2D eigenvalue weighted by molar-refractivity contribution is 5.94. The van der Waals surface area contributed by atoms with Gasteiger partial charge in [-0.2, -0.15) is 0 Å². The molecule has 2 fully saturated rings. The molecule has 2 aromatic rings. The molecule has 1 aliphatic heterocycles. The zero-order valence-corrected chi connectivity index (χ0v) is 20.5. The Morgan fingerprint density at radius 3 is 2.06 bits per heavy atom. The van der Waals surface area contributed by atoms with E-state index in [0.29, 0.717) is 0 Å². The van der Waals surface area contributed by atoms with Crippen molar-refractivity contribution < 1.29 is 9.53 Å². The minimum absolute atomic E-state index is 0.0252. The van der Waals surface area contributed by atoms with E-state index in [4.69, 9.17) is 4.74 Å². The standard InChI is InChI=1S/C31H37NO2/c1-34-30(33)31(18-7-2-8-19-31)20-9-21-32-22-16-26(17-23-32)29-27-12-5-3-10-24(27)14-15-25-11-4-6-13-28(25)29/h3-6,10-15H,2,7-9,16-23H2,1H3. The van der Waals surface area contributed by atoms with Gasteiger partial charge in [0, 0.05) is 13.1 Å². The number of rotatable bonds is 5. The molecule has 0 radical (unpaired) electrons. The number of fused-ring (bicyclic) bond motifs is 2. The average molecular weight is 456 g/mol. The van der Waals surface area contributed by atoms with Gasteiger partial charge in [0.15, 0.2) is 0 Å². The van der Waals surface area contributed by atoms with Crippen molar-refractivity contribution in [2.75, 3.05) is 26.7 Å². The van der Waals surface area contributed by atoms with Gasteiger partial charge >= 0.3 is 5.97 Å². The van der Waals surface area contributed by atoms with Crippen LogP contribution in [0.5, 0.6) is 0 Å². The molecule has 3 nitrogen and oxygen atoms in total. The van der Waals surface area contributed by atoms with E-state index < -0.39 is 0 Å². The molecule has 1 saturated heterocycles. The van der Waals surface area contributed by atoms with Crippen LogP contribution in [0.1, 0.15) is 80.0 Å². The van der Waals surface area contributed by atoms with Crippen LogP contribution in [-0.2, 0) is 9.53 Å². The molecule has 0 atom stereocenters. The maximum Gasteiger partial charge on any atom is 0.311 e. The summed E-state index contributed by atoms with van der Waals surface area (Å²) in [5.74, 6) is 0.0252. The van der Waals surface area contributed by atoms with Crippen molar-refractivity contribution in [3.63, 3.8) is 0 Å². The normalized spacial score (nSPS) is 19.8. The molecule has 34 heavy (non-hydrogen) atoms. The Kier molecular flexibility index (Phi) is 7.01. The van der Waals surface area contributed by atoms with E-state index in [1.807, 2.05) is 0 Å². The fraction of sp³-hybridized carbons (Fsp3) is 0.452. The fourth-order valence-corrected chi connectivity index (χ4v) is 6.38. The molecule has 0 aromatic heterocycles. The summed E-state index contributed by atoms with van der Waals surface area (Å²) in [7, 11) is 1.55. The van der Waals surface area contributed by atoms with Gasteiger partial charge in [-0.15, -0.1) is 0 Å². The lowest BCUT2D eigenvalue weighted by Gasteiger charge is -2.36. The van der Waals surface area contributed by atoms with Crippen LogP contribution in [0.3, 0.4) is 0 Å². The van der Waals surface area contributed by atoms with Crippen molar-refractivity contribution >= 4 is 23.7 Å². The number of hydrogen-bond donors (Lipinski definition) is 0. The average Bonchev–Trinajstić information content (AvgIpc) is 3.06. The number of hydrogen-bond acceptors (Lipinski definition) is 3. The van der Waals surface area contributed by atoms with Gasteiger partial charge in [0.05, 0.1) is 12.5 Å². The van der Waals surface area contributed by atoms with Crippen molar-refractivity contribution in [2.24, 2.45) is 5.41 Å². The lowest BCUT2D eigenvalue weighted by molar-refractivity contribution is -0.155. The summed E-state index contributed by atoms with van der Waals surface area (Å²) in [6.45, 7) is 3.28. The van der Waals surface area contributed by atoms with Crippen LogP contribution in [0, 0.1) is 5.41 Å². The van der Waals surface area contributed by atoms with Gasteiger partial charge in [-0.3, -0.25) is 4.79 Å². The predicted octanol–water partition coefficient (Wildman–Crippen LogP) is 6.97. The van der Waals surface area contributed by atoms with Crippen LogP contribution in [0.2, 0.25) is 0 Å². The first kappa shape index (κ1) is 23.1. The van der Waals surface area contributed by atoms with E-state index in [2.05, 4.69) is 65.6 Å². The highest BCUT2D eigenvalue weighted by atomic mass is 16.5. The maximum atomic E-state index is 12.6. The van der Waals surface area contributed by atoms with E-state index in [9.17, 15) is 4.79 Å². The largest absolute Gasteiger partial charge is 0.469 e. The zero-order chi connectivity index (χ0) is 23.4. The number of piperidine rings is 1. The third-order valence-corrected chi connectivity index (χ3v) is 8.27. The lowest BCUT2D eigenvalue weighted by Crippen LogP contribution is -2.37. The lowest BCUT2D eigenvalue weighted by atomic mass is 9.71. The van der Waals surface area contributed by atoms with Crippen LogP contribution >= 0.6 is 0 Å². The second-order valence-corrected chi connectivity index (χ2v) is 10.3. The Hall–Kier alpha value is -2.65. The Morgan fingerprint density at radius 2 is 1.47 bits per heavy atom. The number of nitrogens with zero attached hydrogens (tertiary/aromatic N) is 1. The van der Waals surface area contributed by atoms with Gasteiger partial charge in [-0.05, 0) is 72.9 Å². The molecule has 1 heterocycles. The Balaban J connectivity index is 1.28. The third kappa shape index (κ3) is 4.63. The van der Waals surface area contributed by atoms with Crippen molar-refractivity contribution in [3.8, 4) is 0 Å². The predicted molar refractivity (Wildman–Crippen MR) is 140 cm³/mol. The molecule has 2 aromatic carbocycles. The van der Waals surface area contributed by atoms with Crippen LogP contribution in [-0.4, -0.2) is 37.6 Å². The van der Waals surface area contributed by atoms with Gasteiger partial charge in [-0.1, -0.05) is 85.5 Å². The summed E-state index contributed by atoms with van der Waals surface area (Å²) in [6.07, 6.45) is 14.4. The Labute approximate surface area is 204 Å². The van der Waals surface area contributed by atoms with Crippen LogP contribution in [0.4, 0.5) is 0 Å². The summed E-state index contributed by atoms with van der Waals surface area (Å²) in [4.78, 5) is 15.2. The minimum atomic E-state index is -0.226. The summed E-state index contributed by atoms with van der Waals surface area (Å²) in [5, 5.41) is 0. The topological polar surface area (TPSA) is 29.5 Å². The zero-order valence-electron chi connectivity index (χ0n) is 20.5. The summed E-state index contributed by atoms with van der Waals surface area (Å²) >= 11 is 0. The van der Waals surface area contributed by atoms with Gasteiger partial charge in [0.1, 0.15) is 0 Å². The molecule has 0 unspecified atom stereocenters. The van der Waals surface area contributed by atoms with Gasteiger partial charge in [-0.25, -0.2) is 0 Å². The summed E-state index contributed by atoms with van der Waals surface area (Å²) in [6, 6.07) is 17.6. The van der Waals surface area contributed by atoms with Crippen molar-refractivity contribution in [1.29, 1.82) is 0 Å². The van der Waals surface area contributed by atoms with Gasteiger partial charge in [0.25, 0.3) is 0 Å². The molecule has 0 spiro atoms. The molecule has 5 rings (SSSR count). The number of carbonyl (C=O) groups excluding carboxylic acids is 1. The molecule has 0 N–H and O–H groups in total. The molecular weight excluding hydrogens is 418 g/mol. The van der Waals surface area contributed by atoms with Crippen LogP contribution in [0.25, 0.3) is 17.7 Å². The number of carbonyl (C=O) groups is 1. The molecule has 2 aliphatic carbocycles. The number of methoxy groups -OCH3 is 1. The number of esters is 1. The number of ether oxygens (including phenoxy) is 1. The highest BCUT2D eigenvalue weighted by Crippen LogP contribution is 2.42. The second kappa shape index (κ2) is 10.3. The second-order valence-electron chi connectivity index (χ2n) is 10.3. The summed E-state index contributed by atoms with van der Waals surface area (Å²) < 4.78 is 5.22. The first-order chi connectivity index (χ1) is 16.7. The SMILES string of the molecule is COC(=O)C1(CCCN2CCC(=C3c4ccccc4C=Cc4ccccc43)CC2)CCCCC1. The van der Waals surface area contributed by atoms with E-state index in [1.54, 1.807) is 12.7 Å². The molecule has 178 valence electrons. The van der Waals surface area contributed by atoms with Crippen LogP contribution < -0.4 is 0 Å². The molecule has 0 bridgehead atoms. The van der Waals surface area contributed by atoms with E-state index in [1.165, 1.54) is 34.2 Å². The quantitative estimate of drug-likeness (QED) is 0.389. The third-order valence-electron chi connectivity index (χ3n) is 8.27. The van der Waals surface area contributed by atoms with Gasteiger partial charge in [0.2, 0.25) is 0 Å². The fourth-order valence-electron chi connectivity index (χ4n) is 6.38. The summed E-state index contributed by atoms with van der Waals surface area (Å²) in [5.41, 5.74) is 8.15. The monoisotopic (exact) mass is 455 g/mol. The van der Waals surface area contributed by atoms with Crippen molar-refractivity contribution in [1.82, 2.24) is 4.90 Å². The minimum Gasteiger partial charge on any atom is -0.469 e. The van der Waals surface area contributed by atoms with Crippen molar-refractivity contribution in [2.45, 2.75) is 57.8 Å². The van der Waals surface area contributed by atoms with Crippen molar-refractivity contribution in [3.05, 3.63) is 76.4 Å². The number of benzene rings is 2. The first-order valence-corrected chi connectivity index (χ1v) is 13.1. The van der Waals surface area contributed by atoms with E-state index >= 15 is 0 Å². The maximum absolute atomic E-state index is 12.6. The van der Waals surface area contributed by atoms with E-state index in [-0.39, 0.29) is 11.4 Å². The first-order valence-electron chi connectivity index (χ1n) is 13.1. The smallest absolute Gasteiger partial charge is 0.311 e. The molecule has 3 aliphatic rings.